The molecule has 25 heteroatoms. The number of carbonyl (C=O) groups is 10. The number of carbonyl (C=O) groups excluding carboxylic acids is 10. The van der Waals surface area contributed by atoms with Crippen molar-refractivity contribution >= 4 is 65.4 Å². The predicted octanol–water partition coefficient (Wildman–Crippen LogP) is -3.42. The molecule has 0 fully saturated rings. The second kappa shape index (κ2) is 32.3. The van der Waals surface area contributed by atoms with E-state index in [4.69, 9.17) is 22.9 Å². The molecule has 0 saturated carbocycles. The second-order valence-electron chi connectivity index (χ2n) is 16.5. The standard InChI is InChI=1S/C45H71N15O10/c1-4-5-14-33(55-28(3)62)42(68)58-34(18-22-61)41(67)54-27(2)39(65)59-36(24-30-25-50-26-53-30)44(70)60-35(23-29-12-7-6-8-13-29)43(69)57-32(16-11-20-52-45(48)49)40(66)51-21-17-37(63)56-31(38(47)64)15-9-10-19-46/h6-8,12-13,22,25-27,31-36H,4-5,9-11,14-21,23-24,46H2,1-3H3,(H2,47,64)(H,50,53)(H,51,66)(H,54,67)(H,55,62)(H,56,63)(H,57,69)(H,58,68)(H,59,65)(H,60,70)(H4,48,49,52)/t27-,31+,32+,33+,34+,35-,36+/m1/s1. The van der Waals surface area contributed by atoms with E-state index in [0.717, 1.165) is 6.42 Å². The van der Waals surface area contributed by atoms with Crippen LogP contribution in [0.25, 0.3) is 0 Å². The number of aromatic amines is 1. The van der Waals surface area contributed by atoms with Crippen LogP contribution in [0.3, 0.4) is 0 Å². The van der Waals surface area contributed by atoms with Gasteiger partial charge in [-0.05, 0) is 57.6 Å². The Labute approximate surface area is 406 Å². The zero-order valence-electron chi connectivity index (χ0n) is 40.1. The van der Waals surface area contributed by atoms with Gasteiger partial charge in [0.1, 0.15) is 48.6 Å². The van der Waals surface area contributed by atoms with Crippen molar-refractivity contribution in [3.05, 3.63) is 54.1 Å². The molecule has 25 nitrogen and oxygen atoms in total. The van der Waals surface area contributed by atoms with Crippen LogP contribution in [-0.2, 0) is 60.8 Å². The molecular weight excluding hydrogens is 911 g/mol. The van der Waals surface area contributed by atoms with E-state index in [9.17, 15) is 47.9 Å². The van der Waals surface area contributed by atoms with Gasteiger partial charge in [0.05, 0.1) is 6.33 Å². The lowest BCUT2D eigenvalue weighted by atomic mass is 10.0. The fourth-order valence-electron chi connectivity index (χ4n) is 6.87. The van der Waals surface area contributed by atoms with Crippen LogP contribution in [0.15, 0.2) is 47.8 Å². The molecule has 0 aliphatic heterocycles. The number of imidazole rings is 1. The summed E-state index contributed by atoms with van der Waals surface area (Å²) in [5, 5.41) is 20.6. The molecule has 2 rings (SSSR count). The predicted molar refractivity (Wildman–Crippen MR) is 257 cm³/mol. The van der Waals surface area contributed by atoms with Crippen molar-refractivity contribution in [2.75, 3.05) is 19.6 Å². The number of nitrogens with zero attached hydrogens (tertiary/aromatic N) is 2. The summed E-state index contributed by atoms with van der Waals surface area (Å²) in [6, 6.07) is 0.0540. The monoisotopic (exact) mass is 982 g/mol. The van der Waals surface area contributed by atoms with Gasteiger partial charge in [0.15, 0.2) is 5.96 Å². The van der Waals surface area contributed by atoms with Crippen LogP contribution >= 0.6 is 0 Å². The van der Waals surface area contributed by atoms with Crippen molar-refractivity contribution in [1.29, 1.82) is 0 Å². The van der Waals surface area contributed by atoms with Crippen LogP contribution < -0.4 is 65.5 Å². The molecule has 0 aliphatic rings. The molecule has 2 aromatic rings. The van der Waals surface area contributed by atoms with Gasteiger partial charge >= 0.3 is 0 Å². The van der Waals surface area contributed by atoms with E-state index in [1.54, 1.807) is 30.3 Å². The Bertz CT molecular complexity index is 2050. The van der Waals surface area contributed by atoms with Gasteiger partial charge in [0, 0.05) is 57.6 Å². The highest BCUT2D eigenvalue weighted by atomic mass is 16.2. The highest BCUT2D eigenvalue weighted by molar-refractivity contribution is 5.97. The number of unbranched alkanes of at least 4 members (excludes halogenated alkanes) is 2. The van der Waals surface area contributed by atoms with Gasteiger partial charge in [-0.25, -0.2) is 4.98 Å². The number of nitrogens with one attached hydrogen (secondary N) is 9. The zero-order chi connectivity index (χ0) is 52.0. The highest BCUT2D eigenvalue weighted by Crippen LogP contribution is 2.09. The van der Waals surface area contributed by atoms with E-state index in [1.807, 2.05) is 6.92 Å². The largest absolute Gasteiger partial charge is 0.370 e. The molecule has 70 heavy (non-hydrogen) atoms. The van der Waals surface area contributed by atoms with Crippen molar-refractivity contribution in [3.8, 4) is 0 Å². The van der Waals surface area contributed by atoms with Crippen molar-refractivity contribution in [2.45, 2.75) is 140 Å². The van der Waals surface area contributed by atoms with Crippen molar-refractivity contribution < 1.29 is 47.9 Å². The molecule has 17 N–H and O–H groups in total. The minimum absolute atomic E-state index is 0.0195. The van der Waals surface area contributed by atoms with Crippen molar-refractivity contribution in [1.82, 2.24) is 52.5 Å². The number of rotatable bonds is 34. The maximum absolute atomic E-state index is 14.2. The second-order valence-corrected chi connectivity index (χ2v) is 16.5. The summed E-state index contributed by atoms with van der Waals surface area (Å²) in [5.74, 6) is -6.66. The summed E-state index contributed by atoms with van der Waals surface area (Å²) in [7, 11) is 0. The maximum atomic E-state index is 14.2. The van der Waals surface area contributed by atoms with Gasteiger partial charge in [0.25, 0.3) is 0 Å². The van der Waals surface area contributed by atoms with Gasteiger partial charge in [-0.2, -0.15) is 0 Å². The van der Waals surface area contributed by atoms with Gasteiger partial charge in [-0.1, -0.05) is 50.1 Å². The number of benzene rings is 1. The van der Waals surface area contributed by atoms with Crippen LogP contribution in [0.1, 0.15) is 96.2 Å². The van der Waals surface area contributed by atoms with E-state index in [-0.39, 0.29) is 64.0 Å². The molecule has 0 bridgehead atoms. The first-order valence-electron chi connectivity index (χ1n) is 23.2. The lowest BCUT2D eigenvalue weighted by molar-refractivity contribution is -0.135. The topological polar surface area (TPSA) is 412 Å². The van der Waals surface area contributed by atoms with Gasteiger partial charge in [-0.15, -0.1) is 0 Å². The Kier molecular flexibility index (Phi) is 27.1. The minimum atomic E-state index is -1.41. The van der Waals surface area contributed by atoms with Crippen LogP contribution in [0, 0.1) is 0 Å². The molecule has 7 atom stereocenters. The summed E-state index contributed by atoms with van der Waals surface area (Å²) >= 11 is 0. The van der Waals surface area contributed by atoms with Crippen LogP contribution in [0.4, 0.5) is 0 Å². The van der Waals surface area contributed by atoms with Crippen LogP contribution in [0.2, 0.25) is 0 Å². The maximum Gasteiger partial charge on any atom is 0.243 e. The lowest BCUT2D eigenvalue weighted by Gasteiger charge is -2.26. The number of hydrogen-bond acceptors (Lipinski definition) is 13. The first-order valence-corrected chi connectivity index (χ1v) is 23.2. The first-order chi connectivity index (χ1) is 33.4. The van der Waals surface area contributed by atoms with E-state index in [0.29, 0.717) is 43.4 Å². The summed E-state index contributed by atoms with van der Waals surface area (Å²) in [6.45, 7) is 4.78. The number of aromatic nitrogens is 2. The van der Waals surface area contributed by atoms with E-state index >= 15 is 0 Å². The number of aliphatic imine (C=N–C) groups is 1. The summed E-state index contributed by atoms with van der Waals surface area (Å²) in [5.41, 5.74) is 23.0. The average molecular weight is 982 g/mol. The van der Waals surface area contributed by atoms with Crippen LogP contribution in [0.5, 0.6) is 0 Å². The first kappa shape index (κ1) is 58.7. The van der Waals surface area contributed by atoms with E-state index in [1.165, 1.54) is 26.4 Å². The van der Waals surface area contributed by atoms with Gasteiger partial charge in [0.2, 0.25) is 53.2 Å². The average Bonchev–Trinajstić information content (AvgIpc) is 3.83. The van der Waals surface area contributed by atoms with Crippen molar-refractivity contribution in [2.24, 2.45) is 27.9 Å². The molecule has 9 amide bonds. The number of primary amides is 1. The molecule has 0 radical (unpaired) electrons. The Morgan fingerprint density at radius 3 is 1.87 bits per heavy atom. The summed E-state index contributed by atoms with van der Waals surface area (Å²) < 4.78 is 0. The molecule has 0 aliphatic carbocycles. The van der Waals surface area contributed by atoms with E-state index < -0.39 is 102 Å². The Morgan fingerprint density at radius 2 is 1.27 bits per heavy atom. The molecular formula is C45H71N15O10. The third-order valence-electron chi connectivity index (χ3n) is 10.6. The molecule has 1 heterocycles. The van der Waals surface area contributed by atoms with Gasteiger partial charge in [-0.3, -0.25) is 48.1 Å². The molecule has 0 saturated heterocycles. The fourth-order valence-corrected chi connectivity index (χ4v) is 6.87. The summed E-state index contributed by atoms with van der Waals surface area (Å²) in [6.07, 6.45) is 5.59. The molecule has 0 unspecified atom stereocenters. The third-order valence-corrected chi connectivity index (χ3v) is 10.6. The molecule has 1 aromatic heterocycles. The number of amides is 9. The smallest absolute Gasteiger partial charge is 0.243 e. The number of hydrogen-bond donors (Lipinski definition) is 13. The number of H-pyrrole nitrogens is 1. The quantitative estimate of drug-likeness (QED) is 0.0141. The Morgan fingerprint density at radius 1 is 0.686 bits per heavy atom. The van der Waals surface area contributed by atoms with Gasteiger partial charge < -0.3 is 75.2 Å². The number of guanidine groups is 1. The van der Waals surface area contributed by atoms with Crippen molar-refractivity contribution in [3.63, 3.8) is 0 Å². The lowest BCUT2D eigenvalue weighted by Crippen LogP contribution is -2.60. The number of nitrogens with two attached hydrogens (primary N) is 4. The molecule has 0 spiro atoms. The van der Waals surface area contributed by atoms with E-state index in [2.05, 4.69) is 57.5 Å². The molecule has 1 aromatic carbocycles. The highest BCUT2D eigenvalue weighted by Gasteiger charge is 2.33. The number of aldehydes is 1. The minimum Gasteiger partial charge on any atom is -0.370 e. The Hall–Kier alpha value is -7.44. The molecule has 386 valence electrons. The fraction of sp³-hybridized carbons (Fsp3) is 0.556. The Balaban J connectivity index is 2.32. The summed E-state index contributed by atoms with van der Waals surface area (Å²) in [4.78, 5) is 141. The van der Waals surface area contributed by atoms with Crippen LogP contribution in [-0.4, -0.2) is 137 Å². The normalized spacial score (nSPS) is 13.8. The zero-order valence-corrected chi connectivity index (χ0v) is 40.1. The third kappa shape index (κ3) is 23.0. The SMILES string of the molecule is CCCC[C@H](NC(C)=O)C(=O)N[C@@H](CC=O)C(=O)N[C@H](C)C(=O)N[C@@H](Cc1cnc[nH]1)C(=O)N[C@H](Cc1ccccc1)C(=O)N[C@@H](CCCN=C(N)N)C(=O)NCCC(=O)N[C@@H](CCCCN)C(N)=O.